The molecule has 1 aliphatic carbocycles. The summed E-state index contributed by atoms with van der Waals surface area (Å²) in [5, 5.41) is 3.24. The first-order valence-electron chi connectivity index (χ1n) is 13.3. The molecule has 3 aromatic carbocycles. The lowest BCUT2D eigenvalue weighted by Gasteiger charge is -2.32. The molecule has 2 amide bonds. The summed E-state index contributed by atoms with van der Waals surface area (Å²) in [5.74, 6) is 0.352. The summed E-state index contributed by atoms with van der Waals surface area (Å²) in [4.78, 5) is 29.1. The number of hydrogen-bond donors (Lipinski definition) is 1. The Morgan fingerprint density at radius 1 is 0.892 bits per heavy atom. The third-order valence-electron chi connectivity index (χ3n) is 7.29. The molecule has 0 heterocycles. The van der Waals surface area contributed by atoms with E-state index < -0.39 is 6.04 Å². The number of ether oxygens (including phenoxy) is 1. The van der Waals surface area contributed by atoms with E-state index >= 15 is 0 Å². The van der Waals surface area contributed by atoms with Gasteiger partial charge in [0.25, 0.3) is 5.91 Å². The van der Waals surface area contributed by atoms with Gasteiger partial charge in [-0.1, -0.05) is 79.1 Å². The van der Waals surface area contributed by atoms with Crippen molar-refractivity contribution in [1.29, 1.82) is 0 Å². The van der Waals surface area contributed by atoms with Gasteiger partial charge in [-0.25, -0.2) is 0 Å². The van der Waals surface area contributed by atoms with Crippen molar-refractivity contribution >= 4 is 11.8 Å². The molecule has 5 nitrogen and oxygen atoms in total. The number of aryl methyl sites for hydroxylation is 3. The fourth-order valence-corrected chi connectivity index (χ4v) is 4.84. The Bertz CT molecular complexity index is 1180. The van der Waals surface area contributed by atoms with Crippen molar-refractivity contribution < 1.29 is 14.3 Å². The third-order valence-corrected chi connectivity index (χ3v) is 7.29. The average Bonchev–Trinajstić information content (AvgIpc) is 3.41. The van der Waals surface area contributed by atoms with Gasteiger partial charge in [0.15, 0.2) is 6.61 Å². The van der Waals surface area contributed by atoms with Crippen LogP contribution in [0.5, 0.6) is 5.75 Å². The predicted molar refractivity (Wildman–Crippen MR) is 147 cm³/mol. The molecule has 0 saturated heterocycles. The smallest absolute Gasteiger partial charge is 0.261 e. The molecule has 5 heteroatoms. The molecule has 1 aliphatic rings. The van der Waals surface area contributed by atoms with E-state index in [0.717, 1.165) is 47.9 Å². The largest absolute Gasteiger partial charge is 0.484 e. The first-order chi connectivity index (χ1) is 17.9. The van der Waals surface area contributed by atoms with Gasteiger partial charge in [0.2, 0.25) is 5.91 Å². The Hall–Kier alpha value is -3.60. The van der Waals surface area contributed by atoms with Gasteiger partial charge in [-0.2, -0.15) is 0 Å². The van der Waals surface area contributed by atoms with Crippen LogP contribution in [-0.2, 0) is 22.6 Å². The van der Waals surface area contributed by atoms with Crippen molar-refractivity contribution in [3.8, 4) is 5.75 Å². The number of nitrogens with zero attached hydrogens (tertiary/aromatic N) is 1. The van der Waals surface area contributed by atoms with E-state index in [0.29, 0.717) is 18.7 Å². The Balaban J connectivity index is 1.60. The SMILES string of the molecule is Cc1ccc(CN(C(=O)COc2ccc(C)c(C)c2)[C@H](Cc2ccccc2)C(=O)NC2CCCC2)cc1. The van der Waals surface area contributed by atoms with Crippen LogP contribution in [0.2, 0.25) is 0 Å². The molecule has 37 heavy (non-hydrogen) atoms. The van der Waals surface area contributed by atoms with Crippen LogP contribution >= 0.6 is 0 Å². The summed E-state index contributed by atoms with van der Waals surface area (Å²) in [6.07, 6.45) is 4.69. The van der Waals surface area contributed by atoms with Gasteiger partial charge in [-0.3, -0.25) is 9.59 Å². The number of nitrogens with one attached hydrogen (secondary N) is 1. The molecule has 194 valence electrons. The van der Waals surface area contributed by atoms with Gasteiger partial charge in [0, 0.05) is 19.0 Å². The second kappa shape index (κ2) is 12.6. The van der Waals surface area contributed by atoms with E-state index in [-0.39, 0.29) is 24.5 Å². The molecule has 1 saturated carbocycles. The fourth-order valence-electron chi connectivity index (χ4n) is 4.84. The summed E-state index contributed by atoms with van der Waals surface area (Å²) < 4.78 is 5.93. The van der Waals surface area contributed by atoms with Crippen molar-refractivity contribution in [2.75, 3.05) is 6.61 Å². The van der Waals surface area contributed by atoms with Gasteiger partial charge in [-0.05, 0) is 68.0 Å². The van der Waals surface area contributed by atoms with Crippen molar-refractivity contribution in [2.45, 2.75) is 71.5 Å². The molecule has 0 spiro atoms. The van der Waals surface area contributed by atoms with Crippen LogP contribution < -0.4 is 10.1 Å². The summed E-state index contributed by atoms with van der Waals surface area (Å²) in [6.45, 7) is 6.32. The van der Waals surface area contributed by atoms with E-state index in [1.807, 2.05) is 93.6 Å². The Kier molecular flexibility index (Phi) is 8.99. The number of hydrogen-bond acceptors (Lipinski definition) is 3. The molecular weight excluding hydrogens is 460 g/mol. The lowest BCUT2D eigenvalue weighted by atomic mass is 10.0. The standard InChI is InChI=1S/C32H38N2O3/c1-23-13-16-27(17-14-23)21-34(31(35)22-37-29-18-15-24(2)25(3)19-29)30(20-26-9-5-4-6-10-26)32(36)33-28-11-7-8-12-28/h4-6,9-10,13-19,28,30H,7-8,11-12,20-22H2,1-3H3,(H,33,36)/t30-/m1/s1. The molecule has 0 unspecified atom stereocenters. The molecule has 0 radical (unpaired) electrons. The topological polar surface area (TPSA) is 58.6 Å². The summed E-state index contributed by atoms with van der Waals surface area (Å²) in [7, 11) is 0. The van der Waals surface area contributed by atoms with E-state index in [1.165, 1.54) is 5.56 Å². The third kappa shape index (κ3) is 7.45. The zero-order valence-electron chi connectivity index (χ0n) is 22.2. The zero-order chi connectivity index (χ0) is 26.2. The Morgan fingerprint density at radius 3 is 2.27 bits per heavy atom. The van der Waals surface area contributed by atoms with Crippen LogP contribution in [0.3, 0.4) is 0 Å². The van der Waals surface area contributed by atoms with E-state index in [4.69, 9.17) is 4.74 Å². The Labute approximate surface area is 220 Å². The quantitative estimate of drug-likeness (QED) is 0.391. The van der Waals surface area contributed by atoms with Crippen molar-refractivity contribution in [3.63, 3.8) is 0 Å². The molecule has 1 N–H and O–H groups in total. The average molecular weight is 499 g/mol. The molecule has 1 atom stereocenters. The maximum atomic E-state index is 13.7. The zero-order valence-corrected chi connectivity index (χ0v) is 22.2. The van der Waals surface area contributed by atoms with E-state index in [1.54, 1.807) is 4.90 Å². The molecule has 1 fully saturated rings. The highest BCUT2D eigenvalue weighted by atomic mass is 16.5. The summed E-state index contributed by atoms with van der Waals surface area (Å²) in [5.41, 5.74) is 5.44. The van der Waals surface area contributed by atoms with E-state index in [2.05, 4.69) is 5.32 Å². The monoisotopic (exact) mass is 498 g/mol. The highest BCUT2D eigenvalue weighted by molar-refractivity contribution is 5.88. The maximum absolute atomic E-state index is 13.7. The lowest BCUT2D eigenvalue weighted by Crippen LogP contribution is -2.53. The number of carbonyl (C=O) groups excluding carboxylic acids is 2. The normalized spacial score (nSPS) is 14.2. The van der Waals surface area contributed by atoms with Crippen LogP contribution in [0.1, 0.15) is 53.5 Å². The minimum absolute atomic E-state index is 0.0950. The van der Waals surface area contributed by atoms with Crippen LogP contribution in [0, 0.1) is 20.8 Å². The molecule has 0 aliphatic heterocycles. The van der Waals surface area contributed by atoms with Gasteiger partial charge in [-0.15, -0.1) is 0 Å². The highest BCUT2D eigenvalue weighted by Gasteiger charge is 2.32. The Morgan fingerprint density at radius 2 is 1.59 bits per heavy atom. The number of carbonyl (C=O) groups is 2. The van der Waals surface area contributed by atoms with Crippen LogP contribution in [0.25, 0.3) is 0 Å². The van der Waals surface area contributed by atoms with Crippen molar-refractivity contribution in [3.05, 3.63) is 101 Å². The van der Waals surface area contributed by atoms with Gasteiger partial charge >= 0.3 is 0 Å². The molecule has 3 aromatic rings. The number of rotatable bonds is 10. The second-order valence-electron chi connectivity index (χ2n) is 10.2. The molecule has 0 bridgehead atoms. The molecule has 0 aromatic heterocycles. The summed E-state index contributed by atoms with van der Waals surface area (Å²) >= 11 is 0. The first-order valence-corrected chi connectivity index (χ1v) is 13.3. The van der Waals surface area contributed by atoms with Crippen molar-refractivity contribution in [2.24, 2.45) is 0 Å². The van der Waals surface area contributed by atoms with Gasteiger partial charge in [0.05, 0.1) is 0 Å². The minimum atomic E-state index is -0.639. The molecule has 4 rings (SSSR count). The van der Waals surface area contributed by atoms with Gasteiger partial charge < -0.3 is 15.0 Å². The minimum Gasteiger partial charge on any atom is -0.484 e. The fraction of sp³-hybridized carbons (Fsp3) is 0.375. The summed E-state index contributed by atoms with van der Waals surface area (Å²) in [6, 6.07) is 23.4. The number of amides is 2. The van der Waals surface area contributed by atoms with E-state index in [9.17, 15) is 9.59 Å². The lowest BCUT2D eigenvalue weighted by molar-refractivity contribution is -0.143. The van der Waals surface area contributed by atoms with Crippen molar-refractivity contribution in [1.82, 2.24) is 10.2 Å². The van der Waals surface area contributed by atoms with Crippen LogP contribution in [0.15, 0.2) is 72.8 Å². The molecular formula is C32H38N2O3. The number of benzene rings is 3. The predicted octanol–water partition coefficient (Wildman–Crippen LogP) is 5.69. The first kappa shape index (κ1) is 26.5. The second-order valence-corrected chi connectivity index (χ2v) is 10.2. The highest BCUT2D eigenvalue weighted by Crippen LogP contribution is 2.21. The van der Waals surface area contributed by atoms with Crippen LogP contribution in [-0.4, -0.2) is 35.4 Å². The van der Waals surface area contributed by atoms with Gasteiger partial charge in [0.1, 0.15) is 11.8 Å². The maximum Gasteiger partial charge on any atom is 0.261 e. The van der Waals surface area contributed by atoms with Crippen LogP contribution in [0.4, 0.5) is 0 Å².